The van der Waals surface area contributed by atoms with Crippen LogP contribution >= 0.6 is 11.6 Å². The summed E-state index contributed by atoms with van der Waals surface area (Å²) >= 11 is 5.98. The minimum atomic E-state index is 0.441. The first-order valence-electron chi connectivity index (χ1n) is 7.90. The van der Waals surface area contributed by atoms with Crippen LogP contribution in [0, 0.1) is 5.92 Å². The number of hydrogen-bond acceptors (Lipinski definition) is 2. The lowest BCUT2D eigenvalue weighted by molar-refractivity contribution is 0.184. The van der Waals surface area contributed by atoms with E-state index in [4.69, 9.17) is 11.6 Å². The maximum atomic E-state index is 5.98. The molecule has 1 atom stereocenters. The van der Waals surface area contributed by atoms with Crippen molar-refractivity contribution in [3.63, 3.8) is 0 Å². The van der Waals surface area contributed by atoms with E-state index in [0.717, 1.165) is 17.5 Å². The lowest BCUT2D eigenvalue weighted by Gasteiger charge is -2.31. The summed E-state index contributed by atoms with van der Waals surface area (Å²) in [5, 5.41) is 4.41. The summed E-state index contributed by atoms with van der Waals surface area (Å²) in [5.74, 6) is 0.909. The van der Waals surface area contributed by atoms with Gasteiger partial charge >= 0.3 is 0 Å². The van der Waals surface area contributed by atoms with E-state index in [-0.39, 0.29) is 0 Å². The van der Waals surface area contributed by atoms with Crippen molar-refractivity contribution in [3.05, 3.63) is 34.9 Å². The molecule has 20 heavy (non-hydrogen) atoms. The SMILES string of the molecule is CCNC(CCN1CCC(C)CC1)c1ccc(Cl)cc1. The maximum Gasteiger partial charge on any atom is 0.0406 e. The Labute approximate surface area is 128 Å². The van der Waals surface area contributed by atoms with Gasteiger partial charge in [0, 0.05) is 11.1 Å². The number of nitrogens with one attached hydrogen (secondary N) is 1. The van der Waals surface area contributed by atoms with Gasteiger partial charge in [-0.2, -0.15) is 0 Å². The Morgan fingerprint density at radius 3 is 2.50 bits per heavy atom. The van der Waals surface area contributed by atoms with Crippen molar-refractivity contribution >= 4 is 11.6 Å². The minimum Gasteiger partial charge on any atom is -0.310 e. The summed E-state index contributed by atoms with van der Waals surface area (Å²) in [6.45, 7) is 9.26. The van der Waals surface area contributed by atoms with E-state index in [2.05, 4.69) is 36.2 Å². The fraction of sp³-hybridized carbons (Fsp3) is 0.647. The van der Waals surface area contributed by atoms with Crippen molar-refractivity contribution in [2.75, 3.05) is 26.2 Å². The van der Waals surface area contributed by atoms with Crippen LogP contribution in [0.25, 0.3) is 0 Å². The second-order valence-electron chi connectivity index (χ2n) is 5.97. The van der Waals surface area contributed by atoms with Crippen molar-refractivity contribution in [3.8, 4) is 0 Å². The van der Waals surface area contributed by atoms with Gasteiger partial charge in [0.15, 0.2) is 0 Å². The van der Waals surface area contributed by atoms with Crippen LogP contribution in [-0.4, -0.2) is 31.1 Å². The zero-order chi connectivity index (χ0) is 14.4. The molecule has 0 aromatic heterocycles. The molecule has 0 bridgehead atoms. The molecule has 2 rings (SSSR count). The second-order valence-corrected chi connectivity index (χ2v) is 6.41. The van der Waals surface area contributed by atoms with Gasteiger partial charge < -0.3 is 10.2 Å². The van der Waals surface area contributed by atoms with E-state index in [1.165, 1.54) is 44.5 Å². The number of likely N-dealkylation sites (tertiary alicyclic amines) is 1. The maximum absolute atomic E-state index is 5.98. The predicted molar refractivity (Wildman–Crippen MR) is 87.3 cm³/mol. The zero-order valence-corrected chi connectivity index (χ0v) is 13.5. The van der Waals surface area contributed by atoms with Gasteiger partial charge in [-0.1, -0.05) is 37.6 Å². The number of piperidine rings is 1. The first-order valence-corrected chi connectivity index (χ1v) is 8.28. The summed E-state index contributed by atoms with van der Waals surface area (Å²) in [6.07, 6.45) is 3.88. The highest BCUT2D eigenvalue weighted by molar-refractivity contribution is 6.30. The number of nitrogens with zero attached hydrogens (tertiary/aromatic N) is 1. The molecule has 0 amide bonds. The normalized spacial score (nSPS) is 19.1. The average Bonchev–Trinajstić information content (AvgIpc) is 2.46. The van der Waals surface area contributed by atoms with Gasteiger partial charge in [0.25, 0.3) is 0 Å². The third-order valence-corrected chi connectivity index (χ3v) is 4.59. The Bertz CT molecular complexity index is 382. The monoisotopic (exact) mass is 294 g/mol. The van der Waals surface area contributed by atoms with Crippen LogP contribution in [0.4, 0.5) is 0 Å². The summed E-state index contributed by atoms with van der Waals surface area (Å²) in [7, 11) is 0. The largest absolute Gasteiger partial charge is 0.310 e. The molecule has 3 heteroatoms. The Balaban J connectivity index is 1.87. The summed E-state index contributed by atoms with van der Waals surface area (Å²) in [4.78, 5) is 2.61. The van der Waals surface area contributed by atoms with Crippen LogP contribution < -0.4 is 5.32 Å². The number of rotatable bonds is 6. The third-order valence-electron chi connectivity index (χ3n) is 4.33. The molecule has 1 fully saturated rings. The summed E-state index contributed by atoms with van der Waals surface area (Å²) in [5.41, 5.74) is 1.35. The molecule has 1 aliphatic heterocycles. The van der Waals surface area contributed by atoms with Crippen molar-refractivity contribution in [1.82, 2.24) is 10.2 Å². The molecule has 1 unspecified atom stereocenters. The Morgan fingerprint density at radius 1 is 1.25 bits per heavy atom. The standard InChI is InChI=1S/C17H27ClN2/c1-3-19-17(15-4-6-16(18)7-5-15)10-13-20-11-8-14(2)9-12-20/h4-7,14,17,19H,3,8-13H2,1-2H3. The topological polar surface area (TPSA) is 15.3 Å². The molecule has 0 saturated carbocycles. The second kappa shape index (κ2) is 8.02. The number of halogens is 1. The van der Waals surface area contributed by atoms with Gasteiger partial charge in [-0.3, -0.25) is 0 Å². The summed E-state index contributed by atoms with van der Waals surface area (Å²) in [6, 6.07) is 8.71. The minimum absolute atomic E-state index is 0.441. The molecular weight excluding hydrogens is 268 g/mol. The fourth-order valence-electron chi connectivity index (χ4n) is 2.93. The molecule has 1 aromatic carbocycles. The van der Waals surface area contributed by atoms with Crippen LogP contribution in [0.2, 0.25) is 5.02 Å². The molecule has 1 heterocycles. The van der Waals surface area contributed by atoms with Crippen molar-refractivity contribution in [2.24, 2.45) is 5.92 Å². The van der Waals surface area contributed by atoms with Crippen LogP contribution in [0.3, 0.4) is 0 Å². The molecule has 1 saturated heterocycles. The van der Waals surface area contributed by atoms with E-state index in [0.29, 0.717) is 6.04 Å². The average molecular weight is 295 g/mol. The van der Waals surface area contributed by atoms with Crippen LogP contribution in [0.15, 0.2) is 24.3 Å². The van der Waals surface area contributed by atoms with Gasteiger partial charge in [-0.15, -0.1) is 0 Å². The Morgan fingerprint density at radius 2 is 1.90 bits per heavy atom. The first kappa shape index (κ1) is 15.8. The quantitative estimate of drug-likeness (QED) is 0.849. The summed E-state index contributed by atoms with van der Waals surface area (Å²) < 4.78 is 0. The molecule has 0 radical (unpaired) electrons. The number of hydrogen-bond donors (Lipinski definition) is 1. The predicted octanol–water partition coefficient (Wildman–Crippen LogP) is 4.11. The van der Waals surface area contributed by atoms with Crippen molar-refractivity contribution < 1.29 is 0 Å². The van der Waals surface area contributed by atoms with E-state index < -0.39 is 0 Å². The fourth-order valence-corrected chi connectivity index (χ4v) is 3.05. The van der Waals surface area contributed by atoms with Gasteiger partial charge in [0.2, 0.25) is 0 Å². The van der Waals surface area contributed by atoms with E-state index in [1.807, 2.05) is 12.1 Å². The van der Waals surface area contributed by atoms with Gasteiger partial charge in [0.1, 0.15) is 0 Å². The molecule has 1 aliphatic rings. The lowest BCUT2D eigenvalue weighted by atomic mass is 9.98. The molecular formula is C17H27ClN2. The molecule has 2 nitrogen and oxygen atoms in total. The van der Waals surface area contributed by atoms with Gasteiger partial charge in [0.05, 0.1) is 0 Å². The molecule has 112 valence electrons. The van der Waals surface area contributed by atoms with Gasteiger partial charge in [-0.25, -0.2) is 0 Å². The van der Waals surface area contributed by atoms with Crippen molar-refractivity contribution in [1.29, 1.82) is 0 Å². The molecule has 1 aromatic rings. The van der Waals surface area contributed by atoms with E-state index >= 15 is 0 Å². The highest BCUT2D eigenvalue weighted by Crippen LogP contribution is 2.22. The smallest absolute Gasteiger partial charge is 0.0406 e. The van der Waals surface area contributed by atoms with Crippen LogP contribution in [-0.2, 0) is 0 Å². The zero-order valence-electron chi connectivity index (χ0n) is 12.7. The van der Waals surface area contributed by atoms with Crippen molar-refractivity contribution in [2.45, 2.75) is 39.2 Å². The van der Waals surface area contributed by atoms with E-state index in [1.54, 1.807) is 0 Å². The molecule has 1 N–H and O–H groups in total. The molecule has 0 aliphatic carbocycles. The lowest BCUT2D eigenvalue weighted by Crippen LogP contribution is -2.35. The third kappa shape index (κ3) is 4.76. The highest BCUT2D eigenvalue weighted by Gasteiger charge is 2.17. The Kier molecular flexibility index (Phi) is 6.34. The number of benzene rings is 1. The molecule has 0 spiro atoms. The highest BCUT2D eigenvalue weighted by atomic mass is 35.5. The van der Waals surface area contributed by atoms with Crippen LogP contribution in [0.1, 0.15) is 44.7 Å². The first-order chi connectivity index (χ1) is 9.69. The van der Waals surface area contributed by atoms with Gasteiger partial charge in [-0.05, 0) is 69.1 Å². The Hall–Kier alpha value is -0.570. The van der Waals surface area contributed by atoms with E-state index in [9.17, 15) is 0 Å². The van der Waals surface area contributed by atoms with Crippen LogP contribution in [0.5, 0.6) is 0 Å².